The van der Waals surface area contributed by atoms with Gasteiger partial charge in [0.25, 0.3) is 0 Å². The highest BCUT2D eigenvalue weighted by molar-refractivity contribution is 9.10. The number of aliphatic carboxylic acids is 1. The molecule has 1 N–H and O–H groups in total. The van der Waals surface area contributed by atoms with E-state index in [1.54, 1.807) is 0 Å². The molecular weight excluding hydrogens is 256 g/mol. The number of benzene rings is 1. The van der Waals surface area contributed by atoms with Crippen molar-refractivity contribution in [1.29, 1.82) is 0 Å². The number of carbonyl (C=O) groups is 1. The fourth-order valence-corrected chi connectivity index (χ4v) is 2.08. The summed E-state index contributed by atoms with van der Waals surface area (Å²) >= 11 is 3.40. The van der Waals surface area contributed by atoms with Gasteiger partial charge in [-0.3, -0.25) is 4.79 Å². The van der Waals surface area contributed by atoms with Gasteiger partial charge >= 0.3 is 5.97 Å². The number of halogens is 1. The van der Waals surface area contributed by atoms with Gasteiger partial charge in [0, 0.05) is 4.47 Å². The SMILES string of the molecule is CC(C)C(CC(=O)O)c1cccc(Br)c1. The van der Waals surface area contributed by atoms with Crippen LogP contribution in [-0.4, -0.2) is 11.1 Å². The van der Waals surface area contributed by atoms with E-state index in [0.717, 1.165) is 10.0 Å². The second-order valence-corrected chi connectivity index (χ2v) is 4.92. The Kier molecular flexibility index (Phi) is 4.33. The molecule has 0 heterocycles. The minimum absolute atomic E-state index is 0.0833. The Labute approximate surface area is 98.4 Å². The number of carboxylic acid groups (broad SMARTS) is 1. The maximum absolute atomic E-state index is 10.8. The quantitative estimate of drug-likeness (QED) is 0.907. The highest BCUT2D eigenvalue weighted by Crippen LogP contribution is 2.29. The maximum Gasteiger partial charge on any atom is 0.303 e. The van der Waals surface area contributed by atoms with Crippen LogP contribution in [0.2, 0.25) is 0 Å². The normalized spacial score (nSPS) is 12.8. The molecule has 0 radical (unpaired) electrons. The molecule has 0 aliphatic rings. The number of carboxylic acids is 1. The van der Waals surface area contributed by atoms with Gasteiger partial charge in [-0.15, -0.1) is 0 Å². The largest absolute Gasteiger partial charge is 0.481 e. The van der Waals surface area contributed by atoms with Gasteiger partial charge in [0.15, 0.2) is 0 Å². The smallest absolute Gasteiger partial charge is 0.303 e. The molecule has 2 nitrogen and oxygen atoms in total. The minimum atomic E-state index is -0.742. The number of rotatable bonds is 4. The van der Waals surface area contributed by atoms with Gasteiger partial charge in [0.05, 0.1) is 6.42 Å². The molecule has 0 spiro atoms. The molecule has 0 fully saturated rings. The van der Waals surface area contributed by atoms with Crippen LogP contribution in [0.25, 0.3) is 0 Å². The molecule has 1 aromatic rings. The standard InChI is InChI=1S/C12H15BrO2/c1-8(2)11(7-12(14)15)9-4-3-5-10(13)6-9/h3-6,8,11H,7H2,1-2H3,(H,14,15). The molecule has 0 aliphatic heterocycles. The lowest BCUT2D eigenvalue weighted by molar-refractivity contribution is -0.137. The van der Waals surface area contributed by atoms with Crippen molar-refractivity contribution in [3.05, 3.63) is 34.3 Å². The van der Waals surface area contributed by atoms with Crippen molar-refractivity contribution in [2.75, 3.05) is 0 Å². The third kappa shape index (κ3) is 3.67. The molecular formula is C12H15BrO2. The van der Waals surface area contributed by atoms with Crippen molar-refractivity contribution in [3.63, 3.8) is 0 Å². The maximum atomic E-state index is 10.8. The third-order valence-electron chi connectivity index (χ3n) is 2.48. The van der Waals surface area contributed by atoms with Crippen LogP contribution >= 0.6 is 15.9 Å². The summed E-state index contributed by atoms with van der Waals surface area (Å²) in [5.41, 5.74) is 1.08. The van der Waals surface area contributed by atoms with E-state index < -0.39 is 5.97 Å². The Morgan fingerprint density at radius 3 is 2.60 bits per heavy atom. The summed E-state index contributed by atoms with van der Waals surface area (Å²) in [5, 5.41) is 8.85. The summed E-state index contributed by atoms with van der Waals surface area (Å²) in [4.78, 5) is 10.8. The number of hydrogen-bond donors (Lipinski definition) is 1. The fourth-order valence-electron chi connectivity index (χ4n) is 1.66. The molecule has 0 saturated heterocycles. The zero-order valence-corrected chi connectivity index (χ0v) is 10.5. The average Bonchev–Trinajstić information content (AvgIpc) is 2.13. The zero-order valence-electron chi connectivity index (χ0n) is 8.90. The van der Waals surface area contributed by atoms with Gasteiger partial charge in [-0.1, -0.05) is 41.9 Å². The van der Waals surface area contributed by atoms with E-state index in [2.05, 4.69) is 29.8 Å². The molecule has 15 heavy (non-hydrogen) atoms. The van der Waals surface area contributed by atoms with Gasteiger partial charge in [-0.2, -0.15) is 0 Å². The first-order chi connectivity index (χ1) is 7.00. The molecule has 1 aromatic carbocycles. The molecule has 0 saturated carbocycles. The molecule has 3 heteroatoms. The van der Waals surface area contributed by atoms with E-state index >= 15 is 0 Å². The predicted molar refractivity (Wildman–Crippen MR) is 64.0 cm³/mol. The van der Waals surface area contributed by atoms with Crippen molar-refractivity contribution < 1.29 is 9.90 Å². The predicted octanol–water partition coefficient (Wildman–Crippen LogP) is 3.66. The highest BCUT2D eigenvalue weighted by atomic mass is 79.9. The Bertz CT molecular complexity index is 347. The Hall–Kier alpha value is -0.830. The molecule has 0 bridgehead atoms. The molecule has 0 amide bonds. The molecule has 0 aromatic heterocycles. The summed E-state index contributed by atoms with van der Waals surface area (Å²) in [6, 6.07) is 7.87. The van der Waals surface area contributed by atoms with Crippen LogP contribution in [0, 0.1) is 5.92 Å². The van der Waals surface area contributed by atoms with Crippen molar-refractivity contribution in [3.8, 4) is 0 Å². The first-order valence-corrected chi connectivity index (χ1v) is 5.77. The Morgan fingerprint density at radius 2 is 2.13 bits per heavy atom. The topological polar surface area (TPSA) is 37.3 Å². The second kappa shape index (κ2) is 5.31. The number of hydrogen-bond acceptors (Lipinski definition) is 1. The monoisotopic (exact) mass is 270 g/mol. The van der Waals surface area contributed by atoms with Crippen molar-refractivity contribution in [2.45, 2.75) is 26.2 Å². The third-order valence-corrected chi connectivity index (χ3v) is 2.97. The van der Waals surface area contributed by atoms with Gasteiger partial charge in [0.1, 0.15) is 0 Å². The van der Waals surface area contributed by atoms with Crippen molar-refractivity contribution in [2.24, 2.45) is 5.92 Å². The van der Waals surface area contributed by atoms with Gasteiger partial charge in [-0.05, 0) is 29.5 Å². The molecule has 82 valence electrons. The first kappa shape index (κ1) is 12.2. The van der Waals surface area contributed by atoms with Crippen LogP contribution in [0.4, 0.5) is 0 Å². The van der Waals surface area contributed by atoms with Crippen LogP contribution in [0.1, 0.15) is 31.7 Å². The lowest BCUT2D eigenvalue weighted by atomic mass is 9.86. The summed E-state index contributed by atoms with van der Waals surface area (Å²) in [5.74, 6) is -0.330. The van der Waals surface area contributed by atoms with Crippen LogP contribution in [-0.2, 0) is 4.79 Å². The van der Waals surface area contributed by atoms with Crippen molar-refractivity contribution >= 4 is 21.9 Å². The van der Waals surface area contributed by atoms with Gasteiger partial charge < -0.3 is 5.11 Å². The molecule has 1 rings (SSSR count). The summed E-state index contributed by atoms with van der Waals surface area (Å²) in [7, 11) is 0. The minimum Gasteiger partial charge on any atom is -0.481 e. The fraction of sp³-hybridized carbons (Fsp3) is 0.417. The summed E-state index contributed by atoms with van der Waals surface area (Å²) < 4.78 is 0.996. The van der Waals surface area contributed by atoms with Gasteiger partial charge in [0.2, 0.25) is 0 Å². The molecule has 1 atom stereocenters. The van der Waals surface area contributed by atoms with E-state index in [4.69, 9.17) is 5.11 Å². The highest BCUT2D eigenvalue weighted by Gasteiger charge is 2.19. The van der Waals surface area contributed by atoms with E-state index in [1.165, 1.54) is 0 Å². The molecule has 1 unspecified atom stereocenters. The second-order valence-electron chi connectivity index (χ2n) is 4.00. The van der Waals surface area contributed by atoms with Crippen LogP contribution in [0.3, 0.4) is 0 Å². The Balaban J connectivity index is 2.93. The van der Waals surface area contributed by atoms with E-state index in [0.29, 0.717) is 5.92 Å². The average molecular weight is 271 g/mol. The van der Waals surface area contributed by atoms with Crippen LogP contribution < -0.4 is 0 Å². The summed E-state index contributed by atoms with van der Waals surface area (Å²) in [6.07, 6.45) is 0.189. The lowest BCUT2D eigenvalue weighted by Gasteiger charge is -2.19. The van der Waals surface area contributed by atoms with Gasteiger partial charge in [-0.25, -0.2) is 0 Å². The zero-order chi connectivity index (χ0) is 11.4. The van der Waals surface area contributed by atoms with Crippen molar-refractivity contribution in [1.82, 2.24) is 0 Å². The van der Waals surface area contributed by atoms with Crippen LogP contribution in [0.15, 0.2) is 28.7 Å². The Morgan fingerprint density at radius 1 is 1.47 bits per heavy atom. The van der Waals surface area contributed by atoms with E-state index in [9.17, 15) is 4.79 Å². The molecule has 0 aliphatic carbocycles. The lowest BCUT2D eigenvalue weighted by Crippen LogP contribution is -2.12. The first-order valence-electron chi connectivity index (χ1n) is 4.98. The van der Waals surface area contributed by atoms with E-state index in [-0.39, 0.29) is 12.3 Å². The van der Waals surface area contributed by atoms with E-state index in [1.807, 2.05) is 24.3 Å². The summed E-state index contributed by atoms with van der Waals surface area (Å²) in [6.45, 7) is 4.10. The van der Waals surface area contributed by atoms with Crippen LogP contribution in [0.5, 0.6) is 0 Å².